The monoisotopic (exact) mass is 604 g/mol. The van der Waals surface area contributed by atoms with Crippen LogP contribution >= 0.6 is 0 Å². The zero-order chi connectivity index (χ0) is 31.5. The van der Waals surface area contributed by atoms with E-state index in [0.29, 0.717) is 12.4 Å². The lowest BCUT2D eigenvalue weighted by Crippen LogP contribution is -2.51. The van der Waals surface area contributed by atoms with E-state index in [2.05, 4.69) is 70.5 Å². The first-order chi connectivity index (χ1) is 21.6. The molecule has 2 aromatic carbocycles. The number of methoxy groups -OCH3 is 1. The van der Waals surface area contributed by atoms with Gasteiger partial charge in [-0.3, -0.25) is 4.79 Å². The van der Waals surface area contributed by atoms with Gasteiger partial charge in [0.1, 0.15) is 23.0 Å². The molecular weight excluding hydrogens is 568 g/mol. The van der Waals surface area contributed by atoms with Crippen LogP contribution in [-0.4, -0.2) is 56.5 Å². The van der Waals surface area contributed by atoms with Gasteiger partial charge in [0.15, 0.2) is 0 Å². The first-order valence-corrected chi connectivity index (χ1v) is 15.2. The van der Waals surface area contributed by atoms with E-state index in [1.165, 1.54) is 7.11 Å². The van der Waals surface area contributed by atoms with Crippen molar-refractivity contribution in [2.24, 2.45) is 11.3 Å². The summed E-state index contributed by atoms with van der Waals surface area (Å²) in [6, 6.07) is 15.7. The van der Waals surface area contributed by atoms with Gasteiger partial charge in [-0.15, -0.1) is 0 Å². The Kier molecular flexibility index (Phi) is 6.87. The van der Waals surface area contributed by atoms with E-state index in [4.69, 9.17) is 14.1 Å². The van der Waals surface area contributed by atoms with E-state index in [1.54, 1.807) is 6.33 Å². The van der Waals surface area contributed by atoms with Crippen LogP contribution in [0.4, 0.5) is 4.79 Å². The number of furan rings is 2. The fourth-order valence-electron chi connectivity index (χ4n) is 6.70. The molecular formula is C35H36N6O4. The second-order valence-electron chi connectivity index (χ2n) is 13.0. The Morgan fingerprint density at radius 3 is 2.33 bits per heavy atom. The summed E-state index contributed by atoms with van der Waals surface area (Å²) in [6.45, 7) is 8.68. The summed E-state index contributed by atoms with van der Waals surface area (Å²) in [6.07, 6.45) is 5.45. The predicted octanol–water partition coefficient (Wildman–Crippen LogP) is 7.15. The van der Waals surface area contributed by atoms with Crippen LogP contribution < -0.4 is 5.32 Å². The lowest BCUT2D eigenvalue weighted by Gasteiger charge is -2.30. The first-order valence-electron chi connectivity index (χ1n) is 15.2. The van der Waals surface area contributed by atoms with Crippen LogP contribution in [0.2, 0.25) is 0 Å². The minimum absolute atomic E-state index is 0.117. The van der Waals surface area contributed by atoms with Crippen molar-refractivity contribution >= 4 is 33.9 Å². The zero-order valence-corrected chi connectivity index (χ0v) is 26.0. The van der Waals surface area contributed by atoms with Crippen LogP contribution in [0, 0.1) is 11.3 Å². The number of imidazole rings is 2. The molecule has 10 heteroatoms. The number of fused-ring (bicyclic) bond motifs is 5. The number of nitrogens with one attached hydrogen (secondary N) is 3. The summed E-state index contributed by atoms with van der Waals surface area (Å²) in [4.78, 5) is 43.4. The molecule has 1 aliphatic heterocycles. The fraction of sp³-hybridized carbons (Fsp3) is 0.314. The number of alkyl carbamates (subject to hydrolysis) is 1. The summed E-state index contributed by atoms with van der Waals surface area (Å²) >= 11 is 0. The number of hydrogen-bond donors (Lipinski definition) is 3. The van der Waals surface area contributed by atoms with Gasteiger partial charge in [0.05, 0.1) is 43.3 Å². The number of likely N-dealkylation sites (tertiary alicyclic amines) is 1. The number of carbonyl (C=O) groups excluding carboxylic acids is 2. The highest BCUT2D eigenvalue weighted by molar-refractivity contribution is 6.19. The van der Waals surface area contributed by atoms with E-state index >= 15 is 0 Å². The average molecular weight is 605 g/mol. The highest BCUT2D eigenvalue weighted by Crippen LogP contribution is 2.45. The van der Waals surface area contributed by atoms with Crippen molar-refractivity contribution in [2.45, 2.75) is 46.2 Å². The lowest BCUT2D eigenvalue weighted by atomic mass is 9.90. The van der Waals surface area contributed by atoms with Crippen molar-refractivity contribution in [2.75, 3.05) is 13.7 Å². The molecule has 2 atom stereocenters. The molecule has 0 radical (unpaired) electrons. The van der Waals surface area contributed by atoms with Crippen molar-refractivity contribution < 1.29 is 18.7 Å². The van der Waals surface area contributed by atoms with E-state index < -0.39 is 12.1 Å². The van der Waals surface area contributed by atoms with Gasteiger partial charge < -0.3 is 29.3 Å². The molecule has 0 saturated carbocycles. The Morgan fingerprint density at radius 2 is 1.67 bits per heavy atom. The van der Waals surface area contributed by atoms with Crippen LogP contribution in [0.3, 0.4) is 0 Å². The molecule has 2 amide bonds. The molecule has 2 bridgehead atoms. The average Bonchev–Trinajstić information content (AvgIpc) is 3.87. The first kappa shape index (κ1) is 28.6. The quantitative estimate of drug-likeness (QED) is 0.177. The van der Waals surface area contributed by atoms with Gasteiger partial charge in [0.25, 0.3) is 0 Å². The summed E-state index contributed by atoms with van der Waals surface area (Å²) < 4.78 is 11.0. The largest absolute Gasteiger partial charge is 0.456 e. The minimum atomic E-state index is -0.708. The van der Waals surface area contributed by atoms with Crippen molar-refractivity contribution in [1.29, 1.82) is 0 Å². The van der Waals surface area contributed by atoms with Crippen LogP contribution in [0.1, 0.15) is 46.0 Å². The highest BCUT2D eigenvalue weighted by Gasteiger charge is 2.44. The standard InChI is InChI=1S/C35H36N6O4/c1-19(2)31(40-34(43)44-5)33(42)41-17-35(3,4)14-26(41)32-37-16-25(39-32)23-11-10-22(29-27-12-13-28(45-27)30(23)29)20-6-8-21(9-7-20)24-15-36-18-38-24/h6-13,15-16,18-19,26,31H,14,17H2,1-5H3,(H,36,38)(H,37,39)(H,40,43)/t26-,31-/m0/s1. The second-order valence-corrected chi connectivity index (χ2v) is 13.0. The summed E-state index contributed by atoms with van der Waals surface area (Å²) in [5.41, 5.74) is 7.58. The van der Waals surface area contributed by atoms with E-state index in [9.17, 15) is 9.59 Å². The Hall–Kier alpha value is -5.12. The van der Waals surface area contributed by atoms with Gasteiger partial charge in [0, 0.05) is 22.9 Å². The van der Waals surface area contributed by atoms with Crippen molar-refractivity contribution in [1.82, 2.24) is 30.2 Å². The van der Waals surface area contributed by atoms with Gasteiger partial charge in [-0.25, -0.2) is 14.8 Å². The fourth-order valence-corrected chi connectivity index (χ4v) is 6.70. The molecule has 1 aliphatic rings. The van der Waals surface area contributed by atoms with Crippen molar-refractivity contribution in [3.8, 4) is 33.6 Å². The van der Waals surface area contributed by atoms with Crippen molar-refractivity contribution in [3.63, 3.8) is 0 Å². The third-order valence-electron chi connectivity index (χ3n) is 8.91. The van der Waals surface area contributed by atoms with Crippen LogP contribution in [0.25, 0.3) is 55.6 Å². The van der Waals surface area contributed by atoms with Crippen LogP contribution in [-0.2, 0) is 9.53 Å². The summed E-state index contributed by atoms with van der Waals surface area (Å²) in [5.74, 6) is 0.457. The molecule has 0 unspecified atom stereocenters. The molecule has 6 aromatic rings. The van der Waals surface area contributed by atoms with Gasteiger partial charge in [0.2, 0.25) is 5.91 Å². The van der Waals surface area contributed by atoms with Gasteiger partial charge >= 0.3 is 6.09 Å². The number of benzene rings is 3. The molecule has 5 heterocycles. The Bertz CT molecular complexity index is 1990. The van der Waals surface area contributed by atoms with E-state index in [1.807, 2.05) is 43.3 Å². The van der Waals surface area contributed by atoms with Crippen LogP contribution in [0.15, 0.2) is 71.7 Å². The maximum atomic E-state index is 13.9. The maximum Gasteiger partial charge on any atom is 0.407 e. The van der Waals surface area contributed by atoms with Crippen molar-refractivity contribution in [3.05, 3.63) is 73.1 Å². The number of rotatable bonds is 7. The molecule has 3 N–H and O–H groups in total. The van der Waals surface area contributed by atoms with E-state index in [-0.39, 0.29) is 23.3 Å². The van der Waals surface area contributed by atoms with E-state index in [0.717, 1.165) is 62.0 Å². The number of amides is 2. The SMILES string of the molecule is COC(=O)N[C@H](C(=O)N1CC(C)(C)C[C@H]1c1ncc(-c2ccc(-c3ccc(-c4cnc[nH]4)cc3)c3c4ccc(o4)c23)[nH]1)C(C)C. The second kappa shape index (κ2) is 10.8. The normalized spacial score (nSPS) is 17.0. The minimum Gasteiger partial charge on any atom is -0.456 e. The third kappa shape index (κ3) is 5.00. The summed E-state index contributed by atoms with van der Waals surface area (Å²) in [7, 11) is 1.30. The Morgan fingerprint density at radius 1 is 0.978 bits per heavy atom. The molecule has 1 saturated heterocycles. The lowest BCUT2D eigenvalue weighted by molar-refractivity contribution is -0.135. The molecule has 45 heavy (non-hydrogen) atoms. The third-order valence-corrected chi connectivity index (χ3v) is 8.91. The summed E-state index contributed by atoms with van der Waals surface area (Å²) in [5, 5.41) is 4.82. The topological polar surface area (TPSA) is 129 Å². The number of aromatic nitrogens is 4. The predicted molar refractivity (Wildman–Crippen MR) is 173 cm³/mol. The number of hydrogen-bond acceptors (Lipinski definition) is 6. The van der Waals surface area contributed by atoms with Gasteiger partial charge in [-0.05, 0) is 46.6 Å². The Labute approximate surface area is 260 Å². The van der Waals surface area contributed by atoms with Gasteiger partial charge in [-0.1, -0.05) is 64.1 Å². The van der Waals surface area contributed by atoms with Crippen LogP contribution in [0.5, 0.6) is 0 Å². The number of aromatic amines is 2. The molecule has 0 spiro atoms. The van der Waals surface area contributed by atoms with Gasteiger partial charge in [-0.2, -0.15) is 0 Å². The molecule has 10 nitrogen and oxygen atoms in total. The highest BCUT2D eigenvalue weighted by atomic mass is 16.5. The maximum absolute atomic E-state index is 13.9. The molecule has 4 aromatic heterocycles. The smallest absolute Gasteiger partial charge is 0.407 e. The number of ether oxygens (including phenoxy) is 1. The molecule has 230 valence electrons. The number of H-pyrrole nitrogens is 2. The molecule has 7 rings (SSSR count). The zero-order valence-electron chi connectivity index (χ0n) is 26.0. The molecule has 1 fully saturated rings. The number of carbonyl (C=O) groups is 2. The number of nitrogens with zero attached hydrogens (tertiary/aromatic N) is 3. The Balaban J connectivity index is 1.24. The molecule has 0 aliphatic carbocycles.